The van der Waals surface area contributed by atoms with Crippen molar-refractivity contribution in [2.45, 2.75) is 40.2 Å². The van der Waals surface area contributed by atoms with E-state index >= 15 is 0 Å². The molecule has 0 fully saturated rings. The first-order valence-corrected chi connectivity index (χ1v) is 4.63. The monoisotopic (exact) mass is 186 g/mol. The topological polar surface area (TPSA) is 46.4 Å². The summed E-state index contributed by atoms with van der Waals surface area (Å²) in [5.41, 5.74) is 0.794. The normalized spacial score (nSPS) is 11.9. The Kier molecular flexibility index (Phi) is 5.11. The minimum absolute atomic E-state index is 0.316. The van der Waals surface area contributed by atoms with E-state index in [-0.39, 0.29) is 4.92 Å². The van der Waals surface area contributed by atoms with E-state index in [2.05, 4.69) is 0 Å². The van der Waals surface area contributed by atoms with Crippen molar-refractivity contribution < 1.29 is 4.92 Å². The molecule has 0 heterocycles. The van der Waals surface area contributed by atoms with Gasteiger partial charge in [-0.15, -0.1) is 0 Å². The molecule has 0 saturated carbocycles. The molecule has 0 aromatic heterocycles. The Morgan fingerprint density at radius 2 is 2.08 bits per heavy atom. The highest BCUT2D eigenvalue weighted by atomic mass is 16.6. The molecule has 76 valence electrons. The highest BCUT2D eigenvalue weighted by Crippen LogP contribution is 2.12. The van der Waals surface area contributed by atoms with Crippen molar-refractivity contribution in [3.05, 3.63) is 22.0 Å². The van der Waals surface area contributed by atoms with Gasteiger partial charge in [-0.2, -0.15) is 0 Å². The molecule has 0 bridgehead atoms. The number of nitrogens with zero attached hydrogens (tertiary/aromatic N) is 2. The van der Waals surface area contributed by atoms with Gasteiger partial charge in [0, 0.05) is 12.6 Å². The third-order valence-electron chi connectivity index (χ3n) is 1.95. The zero-order valence-corrected chi connectivity index (χ0v) is 8.78. The van der Waals surface area contributed by atoms with Crippen molar-refractivity contribution in [1.82, 2.24) is 4.90 Å². The first kappa shape index (κ1) is 11.9. The Hall–Kier alpha value is -1.06. The van der Waals surface area contributed by atoms with Gasteiger partial charge < -0.3 is 4.90 Å². The van der Waals surface area contributed by atoms with Gasteiger partial charge in [0.2, 0.25) is 0 Å². The molecule has 0 aromatic carbocycles. The smallest absolute Gasteiger partial charge is 0.253 e. The van der Waals surface area contributed by atoms with Crippen LogP contribution in [-0.4, -0.2) is 22.4 Å². The van der Waals surface area contributed by atoms with E-state index < -0.39 is 0 Å². The SMILES string of the molecule is CC/C(=C\[N+](=O)[O-])N(CC)C(C)C. The van der Waals surface area contributed by atoms with Crippen LogP contribution in [0.2, 0.25) is 0 Å². The predicted octanol–water partition coefficient (Wildman–Crippen LogP) is 2.24. The van der Waals surface area contributed by atoms with Gasteiger partial charge in [0.05, 0.1) is 10.6 Å². The van der Waals surface area contributed by atoms with Crippen LogP contribution in [0, 0.1) is 10.1 Å². The zero-order valence-electron chi connectivity index (χ0n) is 8.78. The molecular formula is C9H18N2O2. The summed E-state index contributed by atoms with van der Waals surface area (Å²) in [6.07, 6.45) is 1.80. The van der Waals surface area contributed by atoms with Gasteiger partial charge in [0.1, 0.15) is 0 Å². The summed E-state index contributed by atoms with van der Waals surface area (Å²) in [6.45, 7) is 8.81. The quantitative estimate of drug-likeness (QED) is 0.488. The third-order valence-corrected chi connectivity index (χ3v) is 1.95. The molecule has 13 heavy (non-hydrogen) atoms. The van der Waals surface area contributed by atoms with Crippen molar-refractivity contribution in [1.29, 1.82) is 0 Å². The predicted molar refractivity (Wildman–Crippen MR) is 52.9 cm³/mol. The van der Waals surface area contributed by atoms with Crippen molar-refractivity contribution in [2.75, 3.05) is 6.54 Å². The number of hydrogen-bond donors (Lipinski definition) is 0. The van der Waals surface area contributed by atoms with Crippen LogP contribution < -0.4 is 0 Å². The number of nitro groups is 1. The third kappa shape index (κ3) is 3.92. The first-order chi connectivity index (χ1) is 6.02. The molecule has 0 unspecified atom stereocenters. The molecule has 4 nitrogen and oxygen atoms in total. The van der Waals surface area contributed by atoms with E-state index in [1.807, 2.05) is 32.6 Å². The molecule has 0 atom stereocenters. The molecule has 0 aromatic rings. The van der Waals surface area contributed by atoms with Crippen molar-refractivity contribution in [2.24, 2.45) is 0 Å². The Morgan fingerprint density at radius 3 is 2.31 bits per heavy atom. The summed E-state index contributed by atoms with van der Waals surface area (Å²) < 4.78 is 0. The summed E-state index contributed by atoms with van der Waals surface area (Å²) in [5.74, 6) is 0. The van der Waals surface area contributed by atoms with Crippen LogP contribution in [-0.2, 0) is 0 Å². The zero-order chi connectivity index (χ0) is 10.4. The molecule has 0 rings (SSSR count). The fourth-order valence-electron chi connectivity index (χ4n) is 1.39. The van der Waals surface area contributed by atoms with E-state index in [9.17, 15) is 10.1 Å². The molecule has 4 heteroatoms. The van der Waals surface area contributed by atoms with E-state index in [0.29, 0.717) is 12.5 Å². The van der Waals surface area contributed by atoms with Gasteiger partial charge in [-0.3, -0.25) is 10.1 Å². The molecule has 0 aliphatic rings. The molecule has 0 aliphatic carbocycles. The van der Waals surface area contributed by atoms with E-state index in [4.69, 9.17) is 0 Å². The summed E-state index contributed by atoms with van der Waals surface area (Å²) in [6, 6.07) is 0.316. The lowest BCUT2D eigenvalue weighted by atomic mass is 10.2. The van der Waals surface area contributed by atoms with Crippen LogP contribution in [0.3, 0.4) is 0 Å². The van der Waals surface area contributed by atoms with Crippen molar-refractivity contribution >= 4 is 0 Å². The minimum atomic E-state index is -0.385. The van der Waals surface area contributed by atoms with Crippen molar-refractivity contribution in [3.8, 4) is 0 Å². The Bertz CT molecular complexity index is 200. The highest BCUT2D eigenvalue weighted by Gasteiger charge is 2.12. The van der Waals surface area contributed by atoms with Gasteiger partial charge in [0.15, 0.2) is 0 Å². The van der Waals surface area contributed by atoms with E-state index in [1.54, 1.807) is 0 Å². The maximum absolute atomic E-state index is 10.3. The van der Waals surface area contributed by atoms with E-state index in [0.717, 1.165) is 18.4 Å². The number of allylic oxidation sites excluding steroid dienone is 1. The van der Waals surface area contributed by atoms with Crippen LogP contribution in [0.15, 0.2) is 11.9 Å². The van der Waals surface area contributed by atoms with Crippen LogP contribution in [0.5, 0.6) is 0 Å². The largest absolute Gasteiger partial charge is 0.368 e. The van der Waals surface area contributed by atoms with Gasteiger partial charge in [-0.05, 0) is 27.2 Å². The molecule has 0 radical (unpaired) electrons. The molecular weight excluding hydrogens is 168 g/mol. The van der Waals surface area contributed by atoms with Crippen molar-refractivity contribution in [3.63, 3.8) is 0 Å². The van der Waals surface area contributed by atoms with Crippen LogP contribution in [0.1, 0.15) is 34.1 Å². The molecule has 0 spiro atoms. The molecule has 0 N–H and O–H groups in total. The Labute approximate surface area is 79.4 Å². The minimum Gasteiger partial charge on any atom is -0.368 e. The standard InChI is InChI=1S/C9H18N2O2/c1-5-9(7-11(12)13)10(6-2)8(3)4/h7-8H,5-6H2,1-4H3/b9-7+. The van der Waals surface area contributed by atoms with Gasteiger partial charge in [-0.25, -0.2) is 0 Å². The lowest BCUT2D eigenvalue weighted by molar-refractivity contribution is -0.404. The summed E-state index contributed by atoms with van der Waals surface area (Å²) >= 11 is 0. The Balaban J connectivity index is 4.62. The summed E-state index contributed by atoms with van der Waals surface area (Å²) in [4.78, 5) is 12.0. The van der Waals surface area contributed by atoms with Gasteiger partial charge >= 0.3 is 0 Å². The maximum atomic E-state index is 10.3. The summed E-state index contributed by atoms with van der Waals surface area (Å²) in [7, 11) is 0. The highest BCUT2D eigenvalue weighted by molar-refractivity contribution is 4.97. The fourth-order valence-corrected chi connectivity index (χ4v) is 1.39. The fraction of sp³-hybridized carbons (Fsp3) is 0.778. The van der Waals surface area contributed by atoms with Gasteiger partial charge in [0.25, 0.3) is 6.20 Å². The second-order valence-corrected chi connectivity index (χ2v) is 3.14. The molecule has 0 saturated heterocycles. The average Bonchev–Trinajstić information content (AvgIpc) is 2.02. The molecule has 0 aliphatic heterocycles. The van der Waals surface area contributed by atoms with Gasteiger partial charge in [-0.1, -0.05) is 6.92 Å². The Morgan fingerprint density at radius 1 is 1.54 bits per heavy atom. The lowest BCUT2D eigenvalue weighted by Gasteiger charge is -2.27. The molecule has 0 amide bonds. The lowest BCUT2D eigenvalue weighted by Crippen LogP contribution is -2.30. The van der Waals surface area contributed by atoms with Crippen LogP contribution in [0.25, 0.3) is 0 Å². The average molecular weight is 186 g/mol. The number of hydrogen-bond acceptors (Lipinski definition) is 3. The van der Waals surface area contributed by atoms with Crippen LogP contribution in [0.4, 0.5) is 0 Å². The first-order valence-electron chi connectivity index (χ1n) is 4.63. The summed E-state index contributed by atoms with van der Waals surface area (Å²) in [5, 5.41) is 10.3. The van der Waals surface area contributed by atoms with Crippen LogP contribution >= 0.6 is 0 Å². The number of rotatable bonds is 5. The second-order valence-electron chi connectivity index (χ2n) is 3.14. The maximum Gasteiger partial charge on any atom is 0.253 e. The van der Waals surface area contributed by atoms with E-state index in [1.165, 1.54) is 0 Å². The second kappa shape index (κ2) is 5.56.